The van der Waals surface area contributed by atoms with Crippen LogP contribution < -0.4 is 10.5 Å². The molecule has 0 aliphatic heterocycles. The Hall–Kier alpha value is -3.62. The fourth-order valence-electron chi connectivity index (χ4n) is 3.04. The number of rotatable bonds is 4. The average Bonchev–Trinajstić information content (AvgIpc) is 3.13. The molecule has 0 amide bonds. The Morgan fingerprint density at radius 1 is 1.10 bits per heavy atom. The number of nitrogens with one attached hydrogen (secondary N) is 1. The number of para-hydroxylation sites is 1. The van der Waals surface area contributed by atoms with E-state index in [-0.39, 0.29) is 18.1 Å². The van der Waals surface area contributed by atoms with Crippen molar-refractivity contribution >= 4 is 17.0 Å². The van der Waals surface area contributed by atoms with Crippen LogP contribution in [-0.4, -0.2) is 26.8 Å². The molecule has 0 unspecified atom stereocenters. The van der Waals surface area contributed by atoms with Gasteiger partial charge in [-0.3, -0.25) is 9.78 Å². The molecule has 2 aromatic heterocycles. The molecular weight excluding hydrogens is 383 g/mol. The molecule has 0 atom stereocenters. The smallest absolute Gasteiger partial charge is 0.341 e. The molecule has 29 heavy (non-hydrogen) atoms. The predicted octanol–water partition coefficient (Wildman–Crippen LogP) is 3.76. The minimum absolute atomic E-state index is 0.137. The van der Waals surface area contributed by atoms with Gasteiger partial charge in [0.2, 0.25) is 5.95 Å². The van der Waals surface area contributed by atoms with Crippen molar-refractivity contribution in [2.24, 2.45) is 0 Å². The number of aromatic nitrogens is 4. The summed E-state index contributed by atoms with van der Waals surface area (Å²) in [5, 5.41) is 4.56. The number of hydrogen-bond donors (Lipinski definition) is 1. The second-order valence-electron chi connectivity index (χ2n) is 6.57. The third-order valence-electron chi connectivity index (χ3n) is 4.46. The van der Waals surface area contributed by atoms with Crippen molar-refractivity contribution in [3.8, 4) is 5.69 Å². The van der Waals surface area contributed by atoms with E-state index in [0.29, 0.717) is 16.6 Å². The summed E-state index contributed by atoms with van der Waals surface area (Å²) >= 11 is 0. The Bertz CT molecular complexity index is 1210. The zero-order valence-corrected chi connectivity index (χ0v) is 15.3. The molecule has 2 heterocycles. The number of alkyl halides is 3. The van der Waals surface area contributed by atoms with Gasteiger partial charge < -0.3 is 4.90 Å². The van der Waals surface area contributed by atoms with Crippen LogP contribution in [0.25, 0.3) is 16.7 Å². The van der Waals surface area contributed by atoms with E-state index in [1.807, 2.05) is 30.3 Å². The number of halogens is 3. The van der Waals surface area contributed by atoms with Crippen LogP contribution in [0, 0.1) is 0 Å². The van der Waals surface area contributed by atoms with Crippen molar-refractivity contribution < 1.29 is 13.2 Å². The van der Waals surface area contributed by atoms with Gasteiger partial charge in [0.15, 0.2) is 5.65 Å². The molecule has 2 aromatic carbocycles. The fourth-order valence-corrected chi connectivity index (χ4v) is 3.04. The Labute approximate surface area is 163 Å². The van der Waals surface area contributed by atoms with Gasteiger partial charge in [0.25, 0.3) is 5.56 Å². The Morgan fingerprint density at radius 3 is 2.59 bits per heavy atom. The maximum absolute atomic E-state index is 12.9. The van der Waals surface area contributed by atoms with Crippen LogP contribution in [0.3, 0.4) is 0 Å². The van der Waals surface area contributed by atoms with Gasteiger partial charge in [0.05, 0.1) is 17.4 Å². The molecule has 9 heteroatoms. The number of aromatic amines is 1. The normalized spacial score (nSPS) is 11.7. The minimum Gasteiger partial charge on any atom is -0.341 e. The van der Waals surface area contributed by atoms with E-state index in [2.05, 4.69) is 15.1 Å². The largest absolute Gasteiger partial charge is 0.416 e. The molecule has 0 fully saturated rings. The third kappa shape index (κ3) is 3.71. The first kappa shape index (κ1) is 18.7. The highest BCUT2D eigenvalue weighted by Crippen LogP contribution is 2.30. The van der Waals surface area contributed by atoms with Crippen LogP contribution in [0.1, 0.15) is 11.1 Å². The molecule has 4 rings (SSSR count). The van der Waals surface area contributed by atoms with E-state index < -0.39 is 11.7 Å². The molecule has 148 valence electrons. The molecule has 6 nitrogen and oxygen atoms in total. The summed E-state index contributed by atoms with van der Waals surface area (Å²) in [6.07, 6.45) is -2.98. The van der Waals surface area contributed by atoms with Crippen molar-refractivity contribution in [1.82, 2.24) is 19.7 Å². The second-order valence-corrected chi connectivity index (χ2v) is 6.57. The van der Waals surface area contributed by atoms with Crippen molar-refractivity contribution in [3.63, 3.8) is 0 Å². The first-order chi connectivity index (χ1) is 13.8. The van der Waals surface area contributed by atoms with Gasteiger partial charge >= 0.3 is 6.18 Å². The van der Waals surface area contributed by atoms with E-state index in [9.17, 15) is 18.0 Å². The quantitative estimate of drug-likeness (QED) is 0.567. The summed E-state index contributed by atoms with van der Waals surface area (Å²) < 4.78 is 40.4. The SMILES string of the molecule is CN(Cc1cccc(C(F)(F)F)c1)c1nc2c(cnn2-c2ccccc2)c(=O)[nH]1. The molecule has 4 aromatic rings. The van der Waals surface area contributed by atoms with Gasteiger partial charge in [-0.05, 0) is 29.8 Å². The lowest BCUT2D eigenvalue weighted by Crippen LogP contribution is -2.23. The zero-order chi connectivity index (χ0) is 20.6. The Balaban J connectivity index is 1.70. The summed E-state index contributed by atoms with van der Waals surface area (Å²) in [7, 11) is 1.65. The summed E-state index contributed by atoms with van der Waals surface area (Å²) in [4.78, 5) is 21.2. The first-order valence-electron chi connectivity index (χ1n) is 8.74. The van der Waals surface area contributed by atoms with Gasteiger partial charge in [-0.15, -0.1) is 0 Å². The van der Waals surface area contributed by atoms with Crippen molar-refractivity contribution in [3.05, 3.63) is 82.3 Å². The molecule has 0 bridgehead atoms. The van der Waals surface area contributed by atoms with Crippen LogP contribution in [0.5, 0.6) is 0 Å². The van der Waals surface area contributed by atoms with E-state index in [1.165, 1.54) is 12.3 Å². The van der Waals surface area contributed by atoms with Crippen LogP contribution in [0.4, 0.5) is 19.1 Å². The topological polar surface area (TPSA) is 66.8 Å². The van der Waals surface area contributed by atoms with Crippen LogP contribution in [-0.2, 0) is 12.7 Å². The van der Waals surface area contributed by atoms with Gasteiger partial charge in [0, 0.05) is 13.6 Å². The van der Waals surface area contributed by atoms with Crippen molar-refractivity contribution in [2.45, 2.75) is 12.7 Å². The van der Waals surface area contributed by atoms with E-state index in [4.69, 9.17) is 0 Å². The number of H-pyrrole nitrogens is 1. The van der Waals surface area contributed by atoms with Crippen LogP contribution in [0.15, 0.2) is 65.6 Å². The highest BCUT2D eigenvalue weighted by molar-refractivity contribution is 5.76. The summed E-state index contributed by atoms with van der Waals surface area (Å²) in [5.41, 5.74) is 0.463. The molecule has 1 N–H and O–H groups in total. The average molecular weight is 399 g/mol. The van der Waals surface area contributed by atoms with Gasteiger partial charge in [-0.1, -0.05) is 30.3 Å². The zero-order valence-electron chi connectivity index (χ0n) is 15.3. The Kier molecular flexibility index (Phi) is 4.57. The Morgan fingerprint density at radius 2 is 1.86 bits per heavy atom. The lowest BCUT2D eigenvalue weighted by atomic mass is 10.1. The molecule has 0 aliphatic rings. The minimum atomic E-state index is -4.41. The molecule has 0 spiro atoms. The summed E-state index contributed by atoms with van der Waals surface area (Å²) in [6.45, 7) is 0.137. The lowest BCUT2D eigenvalue weighted by molar-refractivity contribution is -0.137. The lowest BCUT2D eigenvalue weighted by Gasteiger charge is -2.18. The third-order valence-corrected chi connectivity index (χ3v) is 4.46. The van der Waals surface area contributed by atoms with Gasteiger partial charge in [-0.2, -0.15) is 23.3 Å². The van der Waals surface area contributed by atoms with Crippen molar-refractivity contribution in [2.75, 3.05) is 11.9 Å². The standard InChI is InChI=1S/C20H16F3N5O/c1-27(12-13-6-5-7-14(10-13)20(21,22)23)19-25-17-16(18(29)26-19)11-24-28(17)15-8-3-2-4-9-15/h2-11H,12H2,1H3,(H,25,26,29). The van der Waals surface area contributed by atoms with Crippen molar-refractivity contribution in [1.29, 1.82) is 0 Å². The van der Waals surface area contributed by atoms with Crippen LogP contribution in [0.2, 0.25) is 0 Å². The van der Waals surface area contributed by atoms with E-state index in [1.54, 1.807) is 22.7 Å². The number of nitrogens with zero attached hydrogens (tertiary/aromatic N) is 4. The molecular formula is C20H16F3N5O. The fraction of sp³-hybridized carbons (Fsp3) is 0.150. The maximum Gasteiger partial charge on any atom is 0.416 e. The second kappa shape index (κ2) is 7.08. The number of benzene rings is 2. The highest BCUT2D eigenvalue weighted by atomic mass is 19.4. The molecule has 0 saturated carbocycles. The molecule has 0 aliphatic carbocycles. The monoisotopic (exact) mass is 399 g/mol. The molecule has 0 saturated heterocycles. The van der Waals surface area contributed by atoms with E-state index in [0.717, 1.165) is 17.8 Å². The highest BCUT2D eigenvalue weighted by Gasteiger charge is 2.30. The van der Waals surface area contributed by atoms with E-state index >= 15 is 0 Å². The van der Waals surface area contributed by atoms with Crippen LogP contribution >= 0.6 is 0 Å². The number of fused-ring (bicyclic) bond motifs is 1. The number of anilines is 1. The first-order valence-corrected chi connectivity index (χ1v) is 8.74. The summed E-state index contributed by atoms with van der Waals surface area (Å²) in [5.74, 6) is 0.234. The maximum atomic E-state index is 12.9. The van der Waals surface area contributed by atoms with Gasteiger partial charge in [0.1, 0.15) is 5.39 Å². The molecule has 0 radical (unpaired) electrons. The van der Waals surface area contributed by atoms with Gasteiger partial charge in [-0.25, -0.2) is 4.68 Å². The summed E-state index contributed by atoms with van der Waals surface area (Å²) in [6, 6.07) is 14.3. The predicted molar refractivity (Wildman–Crippen MR) is 103 cm³/mol. The number of hydrogen-bond acceptors (Lipinski definition) is 4.